The second kappa shape index (κ2) is 4.74. The molecule has 1 atom stereocenters. The first-order valence-corrected chi connectivity index (χ1v) is 6.13. The Balaban J connectivity index is 2.02. The number of piperidine rings is 1. The van der Waals surface area contributed by atoms with Crippen molar-refractivity contribution in [2.45, 2.75) is 31.9 Å². The fourth-order valence-corrected chi connectivity index (χ4v) is 2.52. The van der Waals surface area contributed by atoms with E-state index < -0.39 is 5.60 Å². The van der Waals surface area contributed by atoms with E-state index in [9.17, 15) is 5.11 Å². The Labute approximate surface area is 102 Å². The van der Waals surface area contributed by atoms with Crippen LogP contribution in [0.5, 0.6) is 0 Å². The minimum atomic E-state index is -0.542. The zero-order chi connectivity index (χ0) is 11.6. The van der Waals surface area contributed by atoms with Gasteiger partial charge in [-0.1, -0.05) is 29.8 Å². The molecule has 0 spiro atoms. The highest BCUT2D eigenvalue weighted by Crippen LogP contribution is 2.23. The lowest BCUT2D eigenvalue weighted by Gasteiger charge is -2.36. The van der Waals surface area contributed by atoms with Crippen LogP contribution in [-0.4, -0.2) is 28.7 Å². The van der Waals surface area contributed by atoms with Gasteiger partial charge in [0, 0.05) is 18.1 Å². The van der Waals surface area contributed by atoms with E-state index in [-0.39, 0.29) is 0 Å². The van der Waals surface area contributed by atoms with Gasteiger partial charge in [0.05, 0.1) is 5.60 Å². The van der Waals surface area contributed by atoms with Crippen LogP contribution < -0.4 is 0 Å². The van der Waals surface area contributed by atoms with Crippen LogP contribution in [-0.2, 0) is 6.54 Å². The molecule has 0 aromatic heterocycles. The average Bonchev–Trinajstić information content (AvgIpc) is 2.20. The van der Waals surface area contributed by atoms with E-state index in [2.05, 4.69) is 4.90 Å². The number of hydrogen-bond acceptors (Lipinski definition) is 2. The van der Waals surface area contributed by atoms with Crippen molar-refractivity contribution in [2.75, 3.05) is 13.1 Å². The van der Waals surface area contributed by atoms with Crippen LogP contribution in [0.2, 0.25) is 5.02 Å². The maximum atomic E-state index is 10.0. The Morgan fingerprint density at radius 2 is 2.19 bits per heavy atom. The molecule has 1 saturated heterocycles. The van der Waals surface area contributed by atoms with Gasteiger partial charge < -0.3 is 5.11 Å². The Morgan fingerprint density at radius 3 is 2.88 bits per heavy atom. The van der Waals surface area contributed by atoms with Gasteiger partial charge in [0.2, 0.25) is 0 Å². The van der Waals surface area contributed by atoms with Crippen LogP contribution in [0, 0.1) is 0 Å². The number of aliphatic hydroxyl groups is 1. The van der Waals surface area contributed by atoms with Crippen LogP contribution in [0.4, 0.5) is 0 Å². The Kier molecular flexibility index (Phi) is 3.53. The SMILES string of the molecule is CC1(O)CCCN(Cc2ccccc2Cl)C1. The molecule has 0 radical (unpaired) electrons. The lowest BCUT2D eigenvalue weighted by Crippen LogP contribution is -2.45. The second-order valence-electron chi connectivity index (χ2n) is 4.90. The molecular formula is C13H18ClNO. The van der Waals surface area contributed by atoms with Gasteiger partial charge in [0.25, 0.3) is 0 Å². The molecule has 1 unspecified atom stereocenters. The maximum Gasteiger partial charge on any atom is 0.0746 e. The minimum Gasteiger partial charge on any atom is -0.389 e. The smallest absolute Gasteiger partial charge is 0.0746 e. The van der Waals surface area contributed by atoms with Gasteiger partial charge in [-0.2, -0.15) is 0 Å². The predicted octanol–water partition coefficient (Wildman–Crippen LogP) is 2.69. The normalized spacial score (nSPS) is 26.9. The van der Waals surface area contributed by atoms with Crippen molar-refractivity contribution in [2.24, 2.45) is 0 Å². The number of β-amino-alcohol motifs (C(OH)–C–C–N with tert-alkyl or cyclic N) is 1. The number of nitrogens with zero attached hydrogens (tertiary/aromatic N) is 1. The molecule has 2 rings (SSSR count). The van der Waals surface area contributed by atoms with E-state index in [4.69, 9.17) is 11.6 Å². The van der Waals surface area contributed by atoms with Gasteiger partial charge in [0.1, 0.15) is 0 Å². The Hall–Kier alpha value is -0.570. The topological polar surface area (TPSA) is 23.5 Å². The molecule has 1 aliphatic heterocycles. The zero-order valence-electron chi connectivity index (χ0n) is 9.62. The molecule has 1 fully saturated rings. The molecule has 0 bridgehead atoms. The molecule has 0 amide bonds. The van der Waals surface area contributed by atoms with Crippen molar-refractivity contribution in [3.63, 3.8) is 0 Å². The molecule has 1 aromatic rings. The number of rotatable bonds is 2. The van der Waals surface area contributed by atoms with E-state index in [1.165, 1.54) is 0 Å². The fourth-order valence-electron chi connectivity index (χ4n) is 2.33. The quantitative estimate of drug-likeness (QED) is 0.858. The molecule has 0 saturated carbocycles. The second-order valence-corrected chi connectivity index (χ2v) is 5.31. The first kappa shape index (κ1) is 11.9. The highest BCUT2D eigenvalue weighted by Gasteiger charge is 2.28. The zero-order valence-corrected chi connectivity index (χ0v) is 10.4. The van der Waals surface area contributed by atoms with Crippen LogP contribution >= 0.6 is 11.6 Å². The monoisotopic (exact) mass is 239 g/mol. The minimum absolute atomic E-state index is 0.542. The van der Waals surface area contributed by atoms with Gasteiger partial charge in [-0.25, -0.2) is 0 Å². The third kappa shape index (κ3) is 2.97. The summed E-state index contributed by atoms with van der Waals surface area (Å²) in [5.74, 6) is 0. The summed E-state index contributed by atoms with van der Waals surface area (Å²) in [6.45, 7) is 4.52. The van der Waals surface area contributed by atoms with Crippen LogP contribution in [0.1, 0.15) is 25.3 Å². The van der Waals surface area contributed by atoms with Crippen LogP contribution in [0.3, 0.4) is 0 Å². The van der Waals surface area contributed by atoms with Crippen molar-refractivity contribution in [3.8, 4) is 0 Å². The maximum absolute atomic E-state index is 10.0. The number of likely N-dealkylation sites (tertiary alicyclic amines) is 1. The summed E-state index contributed by atoms with van der Waals surface area (Å²) in [6.07, 6.45) is 1.95. The first-order valence-electron chi connectivity index (χ1n) is 5.75. The van der Waals surface area contributed by atoms with Crippen LogP contribution in [0.15, 0.2) is 24.3 Å². The standard InChI is InChI=1S/C13H18ClNO/c1-13(16)7-4-8-15(10-13)9-11-5-2-3-6-12(11)14/h2-3,5-6,16H,4,7-10H2,1H3. The summed E-state index contributed by atoms with van der Waals surface area (Å²) in [5.41, 5.74) is 0.598. The lowest BCUT2D eigenvalue weighted by molar-refractivity contribution is -0.0181. The molecule has 1 heterocycles. The number of halogens is 1. The highest BCUT2D eigenvalue weighted by atomic mass is 35.5. The predicted molar refractivity (Wildman–Crippen MR) is 66.6 cm³/mol. The van der Waals surface area contributed by atoms with E-state index >= 15 is 0 Å². The highest BCUT2D eigenvalue weighted by molar-refractivity contribution is 6.31. The van der Waals surface area contributed by atoms with Gasteiger partial charge in [-0.15, -0.1) is 0 Å². The molecule has 2 nitrogen and oxygen atoms in total. The van der Waals surface area contributed by atoms with Gasteiger partial charge in [-0.05, 0) is 37.9 Å². The Morgan fingerprint density at radius 1 is 1.44 bits per heavy atom. The fraction of sp³-hybridized carbons (Fsp3) is 0.538. The van der Waals surface area contributed by atoms with E-state index in [0.717, 1.165) is 43.1 Å². The summed E-state index contributed by atoms with van der Waals surface area (Å²) in [7, 11) is 0. The number of hydrogen-bond donors (Lipinski definition) is 1. The van der Waals surface area contributed by atoms with E-state index in [1.54, 1.807) is 0 Å². The third-order valence-corrected chi connectivity index (χ3v) is 3.47. The van der Waals surface area contributed by atoms with Crippen molar-refractivity contribution in [3.05, 3.63) is 34.9 Å². The summed E-state index contributed by atoms with van der Waals surface area (Å²) in [6, 6.07) is 7.91. The van der Waals surface area contributed by atoms with E-state index in [0.29, 0.717) is 0 Å². The largest absolute Gasteiger partial charge is 0.389 e. The van der Waals surface area contributed by atoms with Crippen molar-refractivity contribution in [1.82, 2.24) is 4.90 Å². The summed E-state index contributed by atoms with van der Waals surface area (Å²) in [4.78, 5) is 2.27. The average molecular weight is 240 g/mol. The summed E-state index contributed by atoms with van der Waals surface area (Å²) >= 11 is 6.13. The molecule has 1 aromatic carbocycles. The van der Waals surface area contributed by atoms with Crippen molar-refractivity contribution >= 4 is 11.6 Å². The lowest BCUT2D eigenvalue weighted by atomic mass is 9.95. The molecular weight excluding hydrogens is 222 g/mol. The number of benzene rings is 1. The molecule has 16 heavy (non-hydrogen) atoms. The van der Waals surface area contributed by atoms with E-state index in [1.807, 2.05) is 31.2 Å². The molecule has 3 heteroatoms. The van der Waals surface area contributed by atoms with Gasteiger partial charge in [-0.3, -0.25) is 4.90 Å². The van der Waals surface area contributed by atoms with Gasteiger partial charge >= 0.3 is 0 Å². The van der Waals surface area contributed by atoms with Crippen molar-refractivity contribution in [1.29, 1.82) is 0 Å². The summed E-state index contributed by atoms with van der Waals surface area (Å²) in [5, 5.41) is 10.8. The molecule has 88 valence electrons. The molecule has 1 aliphatic rings. The third-order valence-electron chi connectivity index (χ3n) is 3.11. The Bertz CT molecular complexity index is 365. The molecule has 0 aliphatic carbocycles. The summed E-state index contributed by atoms with van der Waals surface area (Å²) < 4.78 is 0. The first-order chi connectivity index (χ1) is 7.57. The molecule has 1 N–H and O–H groups in total. The van der Waals surface area contributed by atoms with Crippen molar-refractivity contribution < 1.29 is 5.11 Å². The van der Waals surface area contributed by atoms with Gasteiger partial charge in [0.15, 0.2) is 0 Å². The van der Waals surface area contributed by atoms with Crippen LogP contribution in [0.25, 0.3) is 0 Å².